The SMILES string of the molecule is CNC1(c2ccc(OC)cc2Cl)CCCCC1NCCCc1nc(C)c(C)[nH]1. The molecule has 0 aliphatic heterocycles. The summed E-state index contributed by atoms with van der Waals surface area (Å²) in [7, 11) is 3.72. The Morgan fingerprint density at radius 3 is 2.79 bits per heavy atom. The zero-order valence-corrected chi connectivity index (χ0v) is 18.2. The van der Waals surface area contributed by atoms with Gasteiger partial charge < -0.3 is 20.4 Å². The average molecular weight is 405 g/mol. The van der Waals surface area contributed by atoms with Crippen molar-refractivity contribution >= 4 is 11.6 Å². The molecule has 6 heteroatoms. The van der Waals surface area contributed by atoms with Gasteiger partial charge in [0.15, 0.2) is 0 Å². The predicted molar refractivity (Wildman–Crippen MR) is 115 cm³/mol. The lowest BCUT2D eigenvalue weighted by atomic mass is 9.72. The minimum Gasteiger partial charge on any atom is -0.497 e. The Balaban J connectivity index is 1.69. The molecule has 0 amide bonds. The molecule has 2 atom stereocenters. The molecule has 1 aromatic carbocycles. The van der Waals surface area contributed by atoms with E-state index in [1.54, 1.807) is 7.11 Å². The van der Waals surface area contributed by atoms with Crippen LogP contribution in [-0.4, -0.2) is 36.7 Å². The molecule has 1 heterocycles. The Morgan fingerprint density at radius 1 is 1.32 bits per heavy atom. The molecule has 2 aromatic rings. The van der Waals surface area contributed by atoms with Crippen LogP contribution in [0.25, 0.3) is 0 Å². The van der Waals surface area contributed by atoms with Crippen molar-refractivity contribution in [1.29, 1.82) is 0 Å². The van der Waals surface area contributed by atoms with Gasteiger partial charge in [0.2, 0.25) is 0 Å². The highest BCUT2D eigenvalue weighted by molar-refractivity contribution is 6.31. The van der Waals surface area contributed by atoms with Crippen molar-refractivity contribution in [2.24, 2.45) is 0 Å². The van der Waals surface area contributed by atoms with E-state index in [0.717, 1.165) is 60.1 Å². The van der Waals surface area contributed by atoms with Crippen molar-refractivity contribution in [3.63, 3.8) is 0 Å². The van der Waals surface area contributed by atoms with Crippen LogP contribution in [0.1, 0.15) is 54.9 Å². The Labute approximate surface area is 173 Å². The molecule has 0 spiro atoms. The number of aromatic amines is 1. The molecule has 0 radical (unpaired) electrons. The van der Waals surface area contributed by atoms with Crippen molar-refractivity contribution in [2.75, 3.05) is 20.7 Å². The van der Waals surface area contributed by atoms with Crippen LogP contribution < -0.4 is 15.4 Å². The molecular weight excluding hydrogens is 372 g/mol. The minimum atomic E-state index is -0.153. The Kier molecular flexibility index (Phi) is 7.02. The van der Waals surface area contributed by atoms with Crippen LogP contribution in [0.5, 0.6) is 5.75 Å². The molecular formula is C22H33ClN4O. The van der Waals surface area contributed by atoms with E-state index in [9.17, 15) is 0 Å². The number of nitrogens with zero attached hydrogens (tertiary/aromatic N) is 1. The van der Waals surface area contributed by atoms with Gasteiger partial charge in [0.05, 0.1) is 18.3 Å². The number of hydrogen-bond donors (Lipinski definition) is 3. The molecule has 1 aliphatic rings. The zero-order valence-electron chi connectivity index (χ0n) is 17.5. The maximum absolute atomic E-state index is 6.67. The van der Waals surface area contributed by atoms with Crippen molar-refractivity contribution in [3.05, 3.63) is 46.0 Å². The second-order valence-electron chi connectivity index (χ2n) is 7.82. The van der Waals surface area contributed by atoms with E-state index >= 15 is 0 Å². The largest absolute Gasteiger partial charge is 0.497 e. The van der Waals surface area contributed by atoms with Crippen LogP contribution >= 0.6 is 11.6 Å². The molecule has 1 aromatic heterocycles. The van der Waals surface area contributed by atoms with Gasteiger partial charge in [0.1, 0.15) is 11.6 Å². The molecule has 0 saturated heterocycles. The summed E-state index contributed by atoms with van der Waals surface area (Å²) in [5, 5.41) is 8.21. The highest BCUT2D eigenvalue weighted by Gasteiger charge is 2.42. The first-order valence-corrected chi connectivity index (χ1v) is 10.7. The summed E-state index contributed by atoms with van der Waals surface area (Å²) >= 11 is 6.67. The lowest BCUT2D eigenvalue weighted by Crippen LogP contribution is -2.58. The van der Waals surface area contributed by atoms with Gasteiger partial charge in [-0.05, 0) is 64.4 Å². The summed E-state index contributed by atoms with van der Waals surface area (Å²) in [6.07, 6.45) is 6.67. The van der Waals surface area contributed by atoms with Crippen molar-refractivity contribution in [1.82, 2.24) is 20.6 Å². The number of nitrogens with one attached hydrogen (secondary N) is 3. The number of hydrogen-bond acceptors (Lipinski definition) is 4. The fraction of sp³-hybridized carbons (Fsp3) is 0.591. The summed E-state index contributed by atoms with van der Waals surface area (Å²) in [4.78, 5) is 7.96. The molecule has 154 valence electrons. The van der Waals surface area contributed by atoms with E-state index in [0.29, 0.717) is 6.04 Å². The van der Waals surface area contributed by atoms with Crippen LogP contribution in [0.2, 0.25) is 5.02 Å². The summed E-state index contributed by atoms with van der Waals surface area (Å²) in [5.74, 6) is 1.88. The standard InChI is InChI=1S/C22H33ClN4O/c1-15-16(2)27-21(26-15)9-7-13-25-20-8-5-6-12-22(20,24-3)18-11-10-17(28-4)14-19(18)23/h10-11,14,20,24-25H,5-9,12-13H2,1-4H3,(H,26,27). The fourth-order valence-corrected chi connectivity index (χ4v) is 4.80. The summed E-state index contributed by atoms with van der Waals surface area (Å²) in [6, 6.07) is 6.39. The number of benzene rings is 1. The van der Waals surface area contributed by atoms with Gasteiger partial charge in [-0.2, -0.15) is 0 Å². The van der Waals surface area contributed by atoms with E-state index < -0.39 is 0 Å². The Morgan fingerprint density at radius 2 is 2.14 bits per heavy atom. The van der Waals surface area contributed by atoms with Gasteiger partial charge >= 0.3 is 0 Å². The second-order valence-corrected chi connectivity index (χ2v) is 8.22. The highest BCUT2D eigenvalue weighted by atomic mass is 35.5. The third-order valence-electron chi connectivity index (χ3n) is 6.17. The van der Waals surface area contributed by atoms with Gasteiger partial charge in [-0.3, -0.25) is 0 Å². The van der Waals surface area contributed by atoms with Crippen LogP contribution in [-0.2, 0) is 12.0 Å². The minimum absolute atomic E-state index is 0.153. The number of rotatable bonds is 8. The molecule has 1 fully saturated rings. The first-order valence-electron chi connectivity index (χ1n) is 10.3. The van der Waals surface area contributed by atoms with Crippen LogP contribution in [0, 0.1) is 13.8 Å². The lowest BCUT2D eigenvalue weighted by Gasteiger charge is -2.45. The molecule has 3 N–H and O–H groups in total. The molecule has 5 nitrogen and oxygen atoms in total. The molecule has 1 aliphatic carbocycles. The fourth-order valence-electron chi connectivity index (χ4n) is 4.46. The third-order valence-corrected chi connectivity index (χ3v) is 6.48. The Hall–Kier alpha value is -1.56. The van der Waals surface area contributed by atoms with Gasteiger partial charge in [-0.15, -0.1) is 0 Å². The number of likely N-dealkylation sites (N-methyl/N-ethyl adjacent to an activating group) is 1. The quantitative estimate of drug-likeness (QED) is 0.575. The molecule has 2 unspecified atom stereocenters. The Bertz CT molecular complexity index is 771. The van der Waals surface area contributed by atoms with Crippen LogP contribution in [0.15, 0.2) is 18.2 Å². The van der Waals surface area contributed by atoms with E-state index in [1.807, 2.05) is 12.1 Å². The van der Waals surface area contributed by atoms with Crippen molar-refractivity contribution in [2.45, 2.75) is 64.0 Å². The topological polar surface area (TPSA) is 62.0 Å². The molecule has 3 rings (SSSR count). The van der Waals surface area contributed by atoms with Gasteiger partial charge in [-0.1, -0.05) is 30.5 Å². The zero-order chi connectivity index (χ0) is 20.1. The summed E-state index contributed by atoms with van der Waals surface area (Å²) < 4.78 is 5.33. The normalized spacial score (nSPS) is 22.4. The van der Waals surface area contributed by atoms with E-state index in [-0.39, 0.29) is 5.54 Å². The molecule has 28 heavy (non-hydrogen) atoms. The van der Waals surface area contributed by atoms with Gasteiger partial charge in [0, 0.05) is 23.2 Å². The molecule has 1 saturated carbocycles. The maximum Gasteiger partial charge on any atom is 0.120 e. The highest BCUT2D eigenvalue weighted by Crippen LogP contribution is 2.41. The van der Waals surface area contributed by atoms with Crippen LogP contribution in [0.3, 0.4) is 0 Å². The summed E-state index contributed by atoms with van der Waals surface area (Å²) in [5.41, 5.74) is 3.27. The number of imidazole rings is 1. The number of halogens is 1. The van der Waals surface area contributed by atoms with E-state index in [4.69, 9.17) is 16.3 Å². The predicted octanol–water partition coefficient (Wildman–Crippen LogP) is 4.27. The first-order chi connectivity index (χ1) is 13.5. The molecule has 0 bridgehead atoms. The lowest BCUT2D eigenvalue weighted by molar-refractivity contribution is 0.178. The summed E-state index contributed by atoms with van der Waals surface area (Å²) in [6.45, 7) is 5.09. The maximum atomic E-state index is 6.67. The van der Waals surface area contributed by atoms with Crippen molar-refractivity contribution < 1.29 is 4.74 Å². The average Bonchev–Trinajstić information content (AvgIpc) is 3.03. The number of aryl methyl sites for hydroxylation is 3. The van der Waals surface area contributed by atoms with Crippen molar-refractivity contribution in [3.8, 4) is 5.75 Å². The smallest absolute Gasteiger partial charge is 0.120 e. The van der Waals surface area contributed by atoms with Gasteiger partial charge in [0.25, 0.3) is 0 Å². The van der Waals surface area contributed by atoms with Crippen LogP contribution in [0.4, 0.5) is 0 Å². The number of H-pyrrole nitrogens is 1. The third kappa shape index (κ3) is 4.37. The first kappa shape index (κ1) is 21.2. The number of aromatic nitrogens is 2. The van der Waals surface area contributed by atoms with E-state index in [2.05, 4.69) is 47.6 Å². The number of ether oxygens (including phenoxy) is 1. The monoisotopic (exact) mass is 404 g/mol. The van der Waals surface area contributed by atoms with Gasteiger partial charge in [-0.25, -0.2) is 4.98 Å². The second kappa shape index (κ2) is 9.29. The van der Waals surface area contributed by atoms with E-state index in [1.165, 1.54) is 18.5 Å². The number of methoxy groups -OCH3 is 1.